The Hall–Kier alpha value is -3.87. The first kappa shape index (κ1) is 26.2. The summed E-state index contributed by atoms with van der Waals surface area (Å²) in [5.41, 5.74) is 4.44. The smallest absolute Gasteiger partial charge is 0.348 e. The summed E-state index contributed by atoms with van der Waals surface area (Å²) in [5, 5.41) is 13.0. The maximum Gasteiger partial charge on any atom is 0.348 e. The predicted molar refractivity (Wildman–Crippen MR) is 148 cm³/mol. The van der Waals surface area contributed by atoms with Crippen LogP contribution in [0.2, 0.25) is 0 Å². The molecule has 2 N–H and O–H groups in total. The molecule has 0 radical (unpaired) electrons. The molecule has 0 aliphatic carbocycles. The maximum atomic E-state index is 13.3. The molecule has 37 heavy (non-hydrogen) atoms. The highest BCUT2D eigenvalue weighted by Gasteiger charge is 2.26. The van der Waals surface area contributed by atoms with E-state index in [-0.39, 0.29) is 18.1 Å². The number of anilines is 1. The molecule has 0 bridgehead atoms. The van der Waals surface area contributed by atoms with Gasteiger partial charge < -0.3 is 15.0 Å². The van der Waals surface area contributed by atoms with Crippen LogP contribution >= 0.6 is 23.1 Å². The lowest BCUT2D eigenvalue weighted by molar-refractivity contribution is -0.115. The van der Waals surface area contributed by atoms with Crippen LogP contribution in [0.15, 0.2) is 65.8 Å². The van der Waals surface area contributed by atoms with Gasteiger partial charge in [-0.1, -0.05) is 79.3 Å². The van der Waals surface area contributed by atoms with E-state index in [1.807, 2.05) is 67.6 Å². The summed E-state index contributed by atoms with van der Waals surface area (Å²) in [6.07, 6.45) is 0.537. The van der Waals surface area contributed by atoms with Crippen molar-refractivity contribution in [2.24, 2.45) is 0 Å². The van der Waals surface area contributed by atoms with Crippen LogP contribution in [0.5, 0.6) is 0 Å². The first-order chi connectivity index (χ1) is 18.0. The molecule has 1 atom stereocenters. The Bertz CT molecular complexity index is 1380. The summed E-state index contributed by atoms with van der Waals surface area (Å²) in [5.74, 6) is -0.763. The van der Waals surface area contributed by atoms with Crippen molar-refractivity contribution < 1.29 is 14.3 Å². The number of nitrogens with zero attached hydrogens (tertiary/aromatic N) is 2. The van der Waals surface area contributed by atoms with Crippen molar-refractivity contribution >= 4 is 40.0 Å². The van der Waals surface area contributed by atoms with Gasteiger partial charge in [0.05, 0.1) is 28.8 Å². The van der Waals surface area contributed by atoms with Gasteiger partial charge in [-0.3, -0.25) is 4.79 Å². The molecule has 7 nitrogen and oxygen atoms in total. The Morgan fingerprint density at radius 1 is 1.11 bits per heavy atom. The van der Waals surface area contributed by atoms with E-state index in [9.17, 15) is 14.9 Å². The lowest BCUT2D eigenvalue weighted by Gasteiger charge is -2.12. The van der Waals surface area contributed by atoms with Crippen molar-refractivity contribution in [3.63, 3.8) is 0 Å². The van der Waals surface area contributed by atoms with E-state index in [0.717, 1.165) is 33.9 Å². The minimum Gasteiger partial charge on any atom is -0.462 e. The summed E-state index contributed by atoms with van der Waals surface area (Å²) in [4.78, 5) is 34.1. The predicted octanol–water partition coefficient (Wildman–Crippen LogP) is 6.67. The van der Waals surface area contributed by atoms with Crippen LogP contribution in [0.3, 0.4) is 0 Å². The minimum atomic E-state index is -0.499. The molecule has 2 heterocycles. The Balaban J connectivity index is 1.60. The molecule has 1 unspecified atom stereocenters. The fourth-order valence-corrected chi connectivity index (χ4v) is 5.76. The van der Waals surface area contributed by atoms with Crippen molar-refractivity contribution in [3.05, 3.63) is 76.7 Å². The topological polar surface area (TPSA) is 108 Å². The van der Waals surface area contributed by atoms with Crippen LogP contribution in [0.1, 0.15) is 41.1 Å². The summed E-state index contributed by atoms with van der Waals surface area (Å²) in [6, 6.07) is 21.9. The zero-order valence-electron chi connectivity index (χ0n) is 20.7. The second-order valence-electron chi connectivity index (χ2n) is 8.09. The van der Waals surface area contributed by atoms with E-state index in [0.29, 0.717) is 27.0 Å². The number of rotatable bonds is 9. The molecule has 1 amide bonds. The summed E-state index contributed by atoms with van der Waals surface area (Å²) >= 11 is 2.39. The third-order valence-electron chi connectivity index (χ3n) is 5.67. The molecule has 0 fully saturated rings. The highest BCUT2D eigenvalue weighted by Crippen LogP contribution is 2.36. The van der Waals surface area contributed by atoms with E-state index in [2.05, 4.69) is 16.4 Å². The average molecular weight is 531 g/mol. The van der Waals surface area contributed by atoms with E-state index in [1.54, 1.807) is 13.8 Å². The van der Waals surface area contributed by atoms with Crippen molar-refractivity contribution in [1.82, 2.24) is 9.97 Å². The van der Waals surface area contributed by atoms with E-state index >= 15 is 0 Å². The Labute approximate surface area is 223 Å². The number of carbonyl (C=O) groups is 2. The van der Waals surface area contributed by atoms with Crippen LogP contribution < -0.4 is 5.32 Å². The van der Waals surface area contributed by atoms with Crippen molar-refractivity contribution in [2.45, 2.75) is 37.6 Å². The molecule has 188 valence electrons. The van der Waals surface area contributed by atoms with Crippen LogP contribution in [-0.2, 0) is 9.53 Å². The van der Waals surface area contributed by atoms with Gasteiger partial charge in [0, 0.05) is 11.1 Å². The number of hydrogen-bond donors (Lipinski definition) is 2. The fraction of sp³-hybridized carbons (Fsp3) is 0.214. The van der Waals surface area contributed by atoms with Gasteiger partial charge in [0.1, 0.15) is 15.9 Å². The molecule has 4 rings (SSSR count). The van der Waals surface area contributed by atoms with Gasteiger partial charge in [-0.25, -0.2) is 9.78 Å². The molecule has 4 aromatic rings. The number of nitriles is 1. The molecule has 2 aromatic heterocycles. The van der Waals surface area contributed by atoms with Gasteiger partial charge >= 0.3 is 5.97 Å². The van der Waals surface area contributed by atoms with Gasteiger partial charge in [0.2, 0.25) is 5.91 Å². The maximum absolute atomic E-state index is 13.3. The molecule has 0 aliphatic heterocycles. The number of nitrogens with one attached hydrogen (secondary N) is 2. The second kappa shape index (κ2) is 11.9. The van der Waals surface area contributed by atoms with E-state index in [1.165, 1.54) is 11.8 Å². The number of aromatic amines is 1. The monoisotopic (exact) mass is 530 g/mol. The third kappa shape index (κ3) is 5.77. The van der Waals surface area contributed by atoms with Crippen molar-refractivity contribution in [3.8, 4) is 28.6 Å². The quantitative estimate of drug-likeness (QED) is 0.185. The molecule has 9 heteroatoms. The highest BCUT2D eigenvalue weighted by molar-refractivity contribution is 8.00. The summed E-state index contributed by atoms with van der Waals surface area (Å²) in [7, 11) is 0. The molecule has 0 saturated carbocycles. The average Bonchev–Trinajstić information content (AvgIpc) is 3.49. The number of aromatic nitrogens is 2. The van der Waals surface area contributed by atoms with Gasteiger partial charge in [-0.15, -0.1) is 11.3 Å². The van der Waals surface area contributed by atoms with Gasteiger partial charge in [-0.2, -0.15) is 5.26 Å². The largest absolute Gasteiger partial charge is 0.462 e. The summed E-state index contributed by atoms with van der Waals surface area (Å²) in [6.45, 7) is 5.56. The minimum absolute atomic E-state index is 0.230. The number of thiophene rings is 1. The number of thioether (sulfide) groups is 1. The number of hydrogen-bond acceptors (Lipinski definition) is 7. The van der Waals surface area contributed by atoms with Crippen LogP contribution in [0.25, 0.3) is 22.5 Å². The van der Waals surface area contributed by atoms with Crippen molar-refractivity contribution in [1.29, 1.82) is 5.26 Å². The Kier molecular flexibility index (Phi) is 8.43. The zero-order chi connectivity index (χ0) is 26.4. The first-order valence-electron chi connectivity index (χ1n) is 11.9. The van der Waals surface area contributed by atoms with Crippen LogP contribution in [-0.4, -0.2) is 33.7 Å². The van der Waals surface area contributed by atoms with E-state index in [4.69, 9.17) is 9.72 Å². The lowest BCUT2D eigenvalue weighted by Crippen LogP contribution is -2.24. The van der Waals surface area contributed by atoms with E-state index < -0.39 is 11.2 Å². The number of benzene rings is 2. The number of imidazole rings is 1. The normalized spacial score (nSPS) is 11.5. The van der Waals surface area contributed by atoms with Crippen LogP contribution in [0, 0.1) is 18.3 Å². The van der Waals surface area contributed by atoms with Gasteiger partial charge in [0.15, 0.2) is 5.16 Å². The SMILES string of the molecule is CCOC(=O)c1sc(NC(=O)C(CC)Sc2nc(-c3ccccc3)c(-c3ccccc3)[nH]2)c(C#N)c1C. The Morgan fingerprint density at radius 3 is 2.35 bits per heavy atom. The zero-order valence-corrected chi connectivity index (χ0v) is 22.3. The lowest BCUT2D eigenvalue weighted by atomic mass is 10.1. The standard InChI is InChI=1S/C28H26N4O3S2/c1-4-21(25(33)32-26-20(16-29)17(3)24(37-26)27(34)35-5-2)36-28-30-22(18-12-8-6-9-13-18)23(31-28)19-14-10-7-11-15-19/h6-15,21H,4-5H2,1-3H3,(H,30,31)(H,32,33). The van der Waals surface area contributed by atoms with Crippen LogP contribution in [0.4, 0.5) is 5.00 Å². The number of ether oxygens (including phenoxy) is 1. The molecule has 0 spiro atoms. The number of amides is 1. The number of esters is 1. The molecular formula is C28H26N4O3S2. The number of H-pyrrole nitrogens is 1. The van der Waals surface area contributed by atoms with Gasteiger partial charge in [-0.05, 0) is 25.8 Å². The molecule has 0 saturated heterocycles. The molecule has 2 aromatic carbocycles. The van der Waals surface area contributed by atoms with Gasteiger partial charge in [0.25, 0.3) is 0 Å². The van der Waals surface area contributed by atoms with Crippen molar-refractivity contribution in [2.75, 3.05) is 11.9 Å². The second-order valence-corrected chi connectivity index (χ2v) is 10.3. The third-order valence-corrected chi connectivity index (χ3v) is 8.10. The molecular weight excluding hydrogens is 504 g/mol. The fourth-order valence-electron chi connectivity index (χ4n) is 3.80. The highest BCUT2D eigenvalue weighted by atomic mass is 32.2. The number of carbonyl (C=O) groups excluding carboxylic acids is 2. The Morgan fingerprint density at radius 2 is 1.76 bits per heavy atom. The summed E-state index contributed by atoms with van der Waals surface area (Å²) < 4.78 is 5.09. The first-order valence-corrected chi connectivity index (χ1v) is 13.5. The molecule has 0 aliphatic rings.